The van der Waals surface area contributed by atoms with Crippen molar-refractivity contribution in [3.63, 3.8) is 0 Å². The molecule has 1 aromatic carbocycles. The molecule has 0 aliphatic heterocycles. The first-order chi connectivity index (χ1) is 11.6. The molecule has 0 atom stereocenters. The Morgan fingerprint density at radius 1 is 1.08 bits per heavy atom. The fraction of sp³-hybridized carbons (Fsp3) is 0.294. The van der Waals surface area contributed by atoms with Crippen LogP contribution in [0.1, 0.15) is 12.0 Å². The predicted octanol–water partition coefficient (Wildman–Crippen LogP) is 2.68. The summed E-state index contributed by atoms with van der Waals surface area (Å²) in [6.07, 6.45) is 2.30. The molecule has 0 aliphatic rings. The van der Waals surface area contributed by atoms with E-state index in [0.29, 0.717) is 35.2 Å². The third kappa shape index (κ3) is 5.15. The van der Waals surface area contributed by atoms with Gasteiger partial charge in [0.25, 0.3) is 0 Å². The molecule has 0 radical (unpaired) electrons. The van der Waals surface area contributed by atoms with Gasteiger partial charge in [0.1, 0.15) is 5.82 Å². The number of nitrogens with zero attached hydrogens (tertiary/aromatic N) is 1. The average molecular weight is 368 g/mol. The highest BCUT2D eigenvalue weighted by atomic mass is 35.5. The maximum atomic E-state index is 12.1. The third-order valence-corrected chi connectivity index (χ3v) is 3.48. The number of amides is 1. The molecular formula is C17H22ClN3O4. The minimum atomic E-state index is -0.126. The number of benzene rings is 1. The average Bonchev–Trinajstić information content (AvgIpc) is 2.60. The van der Waals surface area contributed by atoms with Gasteiger partial charge in [0, 0.05) is 6.42 Å². The van der Waals surface area contributed by atoms with Crippen molar-refractivity contribution in [2.24, 2.45) is 0 Å². The fourth-order valence-corrected chi connectivity index (χ4v) is 2.31. The number of carbonyl (C=O) groups excluding carboxylic acids is 1. The monoisotopic (exact) mass is 367 g/mol. The summed E-state index contributed by atoms with van der Waals surface area (Å²) in [6, 6.07) is 6.99. The maximum absolute atomic E-state index is 12.1. The molecule has 25 heavy (non-hydrogen) atoms. The van der Waals surface area contributed by atoms with Crippen molar-refractivity contribution < 1.29 is 19.0 Å². The second kappa shape index (κ2) is 9.58. The topological polar surface area (TPSA) is 95.7 Å². The van der Waals surface area contributed by atoms with Gasteiger partial charge in [-0.2, -0.15) is 0 Å². The minimum absolute atomic E-state index is 0. The first-order valence-corrected chi connectivity index (χ1v) is 7.38. The molecule has 2 rings (SSSR count). The molecule has 0 saturated heterocycles. The third-order valence-electron chi connectivity index (χ3n) is 3.48. The van der Waals surface area contributed by atoms with Gasteiger partial charge in [-0.1, -0.05) is 6.07 Å². The molecule has 3 N–H and O–H groups in total. The molecule has 8 heteroatoms. The highest BCUT2D eigenvalue weighted by Gasteiger charge is 2.16. The van der Waals surface area contributed by atoms with Gasteiger partial charge in [-0.15, -0.1) is 12.4 Å². The molecule has 0 unspecified atom stereocenters. The summed E-state index contributed by atoms with van der Waals surface area (Å²) < 4.78 is 16.0. The van der Waals surface area contributed by atoms with Crippen LogP contribution in [0.5, 0.6) is 17.2 Å². The maximum Gasteiger partial charge on any atom is 0.224 e. The number of nitrogens with two attached hydrogens (primary N) is 1. The number of aryl methyl sites for hydroxylation is 1. The Balaban J connectivity index is 0.00000312. The normalized spacial score (nSPS) is 9.72. The molecule has 0 aliphatic carbocycles. The quantitative estimate of drug-likeness (QED) is 0.781. The number of nitrogens with one attached hydrogen (secondary N) is 1. The van der Waals surface area contributed by atoms with Gasteiger partial charge < -0.3 is 25.3 Å². The second-order valence-corrected chi connectivity index (χ2v) is 5.01. The van der Waals surface area contributed by atoms with Gasteiger partial charge in [0.05, 0.1) is 33.2 Å². The van der Waals surface area contributed by atoms with Crippen molar-refractivity contribution in [1.29, 1.82) is 0 Å². The Labute approximate surface area is 152 Å². The van der Waals surface area contributed by atoms with Gasteiger partial charge in [0.15, 0.2) is 11.5 Å². The first kappa shape index (κ1) is 20.4. The summed E-state index contributed by atoms with van der Waals surface area (Å²) in [6.45, 7) is 0. The number of pyridine rings is 1. The summed E-state index contributed by atoms with van der Waals surface area (Å²) >= 11 is 0. The SMILES string of the molecule is COc1ccc(CCC(=O)Nc2ccc(N)nc2)c(OC)c1OC.Cl. The summed E-state index contributed by atoms with van der Waals surface area (Å²) in [4.78, 5) is 16.0. The minimum Gasteiger partial charge on any atom is -0.493 e. The molecular weight excluding hydrogens is 346 g/mol. The lowest BCUT2D eigenvalue weighted by Gasteiger charge is -2.15. The number of halogens is 1. The summed E-state index contributed by atoms with van der Waals surface area (Å²) in [5.74, 6) is 1.94. The largest absolute Gasteiger partial charge is 0.493 e. The Morgan fingerprint density at radius 2 is 1.80 bits per heavy atom. The highest BCUT2D eigenvalue weighted by Crippen LogP contribution is 2.40. The Morgan fingerprint density at radius 3 is 2.36 bits per heavy atom. The van der Waals surface area contributed by atoms with E-state index in [0.717, 1.165) is 5.56 Å². The zero-order valence-corrected chi connectivity index (χ0v) is 15.2. The van der Waals surface area contributed by atoms with Crippen molar-refractivity contribution >= 4 is 29.8 Å². The van der Waals surface area contributed by atoms with E-state index >= 15 is 0 Å². The summed E-state index contributed by atoms with van der Waals surface area (Å²) in [7, 11) is 4.66. The van der Waals surface area contributed by atoms with E-state index in [9.17, 15) is 4.79 Å². The number of carbonyl (C=O) groups is 1. The van der Waals surface area contributed by atoms with Crippen molar-refractivity contribution in [1.82, 2.24) is 4.98 Å². The number of ether oxygens (including phenoxy) is 3. The number of anilines is 2. The second-order valence-electron chi connectivity index (χ2n) is 5.01. The van der Waals surface area contributed by atoms with E-state index in [1.807, 2.05) is 6.07 Å². The Hall–Kier alpha value is -2.67. The Bertz CT molecular complexity index is 708. The number of rotatable bonds is 7. The fourth-order valence-electron chi connectivity index (χ4n) is 2.31. The van der Waals surface area contributed by atoms with Crippen LogP contribution in [-0.2, 0) is 11.2 Å². The van der Waals surface area contributed by atoms with Crippen LogP contribution in [0, 0.1) is 0 Å². The van der Waals surface area contributed by atoms with Gasteiger partial charge in [-0.25, -0.2) is 4.98 Å². The molecule has 0 saturated carbocycles. The van der Waals surface area contributed by atoms with Crippen LogP contribution in [0.15, 0.2) is 30.5 Å². The zero-order valence-electron chi connectivity index (χ0n) is 14.4. The van der Waals surface area contributed by atoms with Crippen LogP contribution in [0.25, 0.3) is 0 Å². The van der Waals surface area contributed by atoms with Crippen LogP contribution >= 0.6 is 12.4 Å². The van der Waals surface area contributed by atoms with Gasteiger partial charge >= 0.3 is 0 Å². The molecule has 0 fully saturated rings. The number of nitrogen functional groups attached to an aromatic ring is 1. The van der Waals surface area contributed by atoms with Crippen LogP contribution in [-0.4, -0.2) is 32.2 Å². The number of hydrogen-bond acceptors (Lipinski definition) is 6. The van der Waals surface area contributed by atoms with Crippen LogP contribution in [0.3, 0.4) is 0 Å². The number of aromatic nitrogens is 1. The lowest BCUT2D eigenvalue weighted by Crippen LogP contribution is -2.13. The Kier molecular flexibility index (Phi) is 7.81. The first-order valence-electron chi connectivity index (χ1n) is 7.38. The van der Waals surface area contributed by atoms with Crippen LogP contribution < -0.4 is 25.3 Å². The van der Waals surface area contributed by atoms with E-state index in [-0.39, 0.29) is 24.7 Å². The molecule has 1 heterocycles. The number of hydrogen-bond donors (Lipinski definition) is 2. The molecule has 1 aromatic heterocycles. The lowest BCUT2D eigenvalue weighted by molar-refractivity contribution is -0.116. The summed E-state index contributed by atoms with van der Waals surface area (Å²) in [5, 5.41) is 2.77. The van der Waals surface area contributed by atoms with E-state index in [1.165, 1.54) is 6.20 Å². The molecule has 1 amide bonds. The summed E-state index contributed by atoms with van der Waals surface area (Å²) in [5.41, 5.74) is 6.98. The van der Waals surface area contributed by atoms with Crippen molar-refractivity contribution in [2.75, 3.05) is 32.4 Å². The highest BCUT2D eigenvalue weighted by molar-refractivity contribution is 5.90. The molecule has 136 valence electrons. The van der Waals surface area contributed by atoms with E-state index in [1.54, 1.807) is 39.5 Å². The van der Waals surface area contributed by atoms with E-state index in [2.05, 4.69) is 10.3 Å². The smallest absolute Gasteiger partial charge is 0.224 e. The van der Waals surface area contributed by atoms with Gasteiger partial charge in [0.2, 0.25) is 11.7 Å². The van der Waals surface area contributed by atoms with Gasteiger partial charge in [-0.3, -0.25) is 4.79 Å². The predicted molar refractivity (Wildman–Crippen MR) is 98.9 cm³/mol. The number of methoxy groups -OCH3 is 3. The molecule has 0 spiro atoms. The van der Waals surface area contributed by atoms with Crippen molar-refractivity contribution in [3.05, 3.63) is 36.0 Å². The molecule has 7 nitrogen and oxygen atoms in total. The van der Waals surface area contributed by atoms with Crippen LogP contribution in [0.4, 0.5) is 11.5 Å². The molecule has 2 aromatic rings. The van der Waals surface area contributed by atoms with Crippen molar-refractivity contribution in [3.8, 4) is 17.2 Å². The standard InChI is InChI=1S/C17H21N3O4.ClH/c1-22-13-7-4-11(16(23-2)17(13)24-3)5-9-15(21)20-12-6-8-14(18)19-10-12;/h4,6-8,10H,5,9H2,1-3H3,(H2,18,19)(H,20,21);1H. The van der Waals surface area contributed by atoms with Gasteiger partial charge in [-0.05, 0) is 30.2 Å². The zero-order chi connectivity index (χ0) is 17.5. The van der Waals surface area contributed by atoms with Crippen LogP contribution in [0.2, 0.25) is 0 Å². The molecule has 0 bridgehead atoms. The van der Waals surface area contributed by atoms with E-state index < -0.39 is 0 Å². The van der Waals surface area contributed by atoms with Crippen molar-refractivity contribution in [2.45, 2.75) is 12.8 Å². The van der Waals surface area contributed by atoms with E-state index in [4.69, 9.17) is 19.9 Å². The lowest BCUT2D eigenvalue weighted by atomic mass is 10.1.